The van der Waals surface area contributed by atoms with E-state index in [1.165, 1.54) is 5.56 Å². The molecule has 0 aliphatic carbocycles. The Labute approximate surface area is 125 Å². The monoisotopic (exact) mass is 300 g/mol. The van der Waals surface area contributed by atoms with E-state index in [-0.39, 0.29) is 18.3 Å². The molecule has 1 aliphatic heterocycles. The van der Waals surface area contributed by atoms with Crippen LogP contribution in [0, 0.1) is 13.8 Å². The Hall–Kier alpha value is -0.710. The molecule has 5 heteroatoms. The lowest BCUT2D eigenvalue weighted by Gasteiger charge is -2.22. The zero-order valence-electron chi connectivity index (χ0n) is 11.4. The second-order valence-corrected chi connectivity index (χ2v) is 5.95. The summed E-state index contributed by atoms with van der Waals surface area (Å²) >= 11 is 1.91. The van der Waals surface area contributed by atoms with E-state index in [0.29, 0.717) is 12.5 Å². The van der Waals surface area contributed by atoms with Gasteiger partial charge in [0.05, 0.1) is 0 Å². The molecule has 3 nitrogen and oxygen atoms in total. The van der Waals surface area contributed by atoms with E-state index in [2.05, 4.69) is 16.7 Å². The molecule has 1 aliphatic rings. The summed E-state index contributed by atoms with van der Waals surface area (Å²) in [5.74, 6) is 2.28. The lowest BCUT2D eigenvalue weighted by atomic mass is 10.1. The molecule has 0 bridgehead atoms. The molecular weight excluding hydrogens is 280 g/mol. The van der Waals surface area contributed by atoms with Crippen LogP contribution >= 0.6 is 24.2 Å². The molecule has 19 heavy (non-hydrogen) atoms. The highest BCUT2D eigenvalue weighted by atomic mass is 35.5. The summed E-state index contributed by atoms with van der Waals surface area (Å²) in [7, 11) is 0. The lowest BCUT2D eigenvalue weighted by molar-refractivity contribution is -0.116. The van der Waals surface area contributed by atoms with Crippen LogP contribution in [0.4, 0.5) is 5.69 Å². The van der Waals surface area contributed by atoms with Crippen LogP contribution in [0.25, 0.3) is 0 Å². The SMILES string of the molecule is Cc1ccc(C)c(NC(=O)CC2CSCCN2)c1.Cl. The van der Waals surface area contributed by atoms with Gasteiger partial charge >= 0.3 is 0 Å². The van der Waals surface area contributed by atoms with E-state index in [1.807, 2.05) is 37.7 Å². The van der Waals surface area contributed by atoms with E-state index in [4.69, 9.17) is 0 Å². The van der Waals surface area contributed by atoms with Gasteiger partial charge in [0.2, 0.25) is 5.91 Å². The fourth-order valence-corrected chi connectivity index (χ4v) is 3.00. The smallest absolute Gasteiger partial charge is 0.225 e. The van der Waals surface area contributed by atoms with Crippen molar-refractivity contribution in [3.8, 4) is 0 Å². The van der Waals surface area contributed by atoms with Gasteiger partial charge in [0.1, 0.15) is 0 Å². The number of amides is 1. The van der Waals surface area contributed by atoms with Gasteiger partial charge in [-0.3, -0.25) is 4.79 Å². The quantitative estimate of drug-likeness (QED) is 0.902. The Morgan fingerprint density at radius 3 is 2.95 bits per heavy atom. The molecule has 1 aromatic carbocycles. The van der Waals surface area contributed by atoms with Gasteiger partial charge in [0.15, 0.2) is 0 Å². The number of hydrogen-bond donors (Lipinski definition) is 2. The topological polar surface area (TPSA) is 41.1 Å². The molecule has 2 rings (SSSR count). The van der Waals surface area contributed by atoms with Gasteiger partial charge in [0.25, 0.3) is 0 Å². The van der Waals surface area contributed by atoms with Crippen molar-refractivity contribution in [1.82, 2.24) is 5.32 Å². The number of halogens is 1. The fourth-order valence-electron chi connectivity index (χ4n) is 2.05. The number of carbonyl (C=O) groups excluding carboxylic acids is 1. The Morgan fingerprint density at radius 2 is 2.26 bits per heavy atom. The number of anilines is 1. The average molecular weight is 301 g/mol. The minimum absolute atomic E-state index is 0. The van der Waals surface area contributed by atoms with Crippen molar-refractivity contribution in [2.45, 2.75) is 26.3 Å². The highest BCUT2D eigenvalue weighted by Crippen LogP contribution is 2.17. The minimum Gasteiger partial charge on any atom is -0.326 e. The first-order valence-corrected chi connectivity index (χ1v) is 7.49. The number of hydrogen-bond acceptors (Lipinski definition) is 3. The van der Waals surface area contributed by atoms with Crippen LogP contribution in [-0.2, 0) is 4.79 Å². The third kappa shape index (κ3) is 5.05. The molecule has 0 radical (unpaired) electrons. The van der Waals surface area contributed by atoms with Gasteiger partial charge in [-0.15, -0.1) is 12.4 Å². The second kappa shape index (κ2) is 7.78. The third-order valence-corrected chi connectivity index (χ3v) is 4.23. The lowest BCUT2D eigenvalue weighted by Crippen LogP contribution is -2.39. The number of rotatable bonds is 3. The molecule has 2 N–H and O–H groups in total. The van der Waals surface area contributed by atoms with Crippen molar-refractivity contribution >= 4 is 35.8 Å². The Kier molecular flexibility index (Phi) is 6.69. The van der Waals surface area contributed by atoms with Crippen LogP contribution in [0.5, 0.6) is 0 Å². The standard InChI is InChI=1S/C14H20N2OS.ClH/c1-10-3-4-11(2)13(7-10)16-14(17)8-12-9-18-6-5-15-12;/h3-4,7,12,15H,5-6,8-9H2,1-2H3,(H,16,17);1H. The first-order chi connectivity index (χ1) is 8.65. The predicted octanol–water partition coefficient (Wildman–Crippen LogP) is 2.76. The first-order valence-electron chi connectivity index (χ1n) is 6.33. The van der Waals surface area contributed by atoms with Gasteiger partial charge in [-0.05, 0) is 31.0 Å². The van der Waals surface area contributed by atoms with Crippen molar-refractivity contribution in [3.05, 3.63) is 29.3 Å². The van der Waals surface area contributed by atoms with Crippen LogP contribution in [0.15, 0.2) is 18.2 Å². The minimum atomic E-state index is 0. The fraction of sp³-hybridized carbons (Fsp3) is 0.500. The van der Waals surface area contributed by atoms with Gasteiger partial charge in [0, 0.05) is 36.2 Å². The molecule has 1 atom stereocenters. The summed E-state index contributed by atoms with van der Waals surface area (Å²) in [5, 5.41) is 6.39. The Balaban J connectivity index is 0.00000180. The second-order valence-electron chi connectivity index (χ2n) is 4.80. The third-order valence-electron chi connectivity index (χ3n) is 3.10. The van der Waals surface area contributed by atoms with E-state index < -0.39 is 0 Å². The molecule has 0 aromatic heterocycles. The summed E-state index contributed by atoms with van der Waals surface area (Å²) in [6.07, 6.45) is 0.556. The predicted molar refractivity (Wildman–Crippen MR) is 85.5 cm³/mol. The molecule has 106 valence electrons. The summed E-state index contributed by atoms with van der Waals surface area (Å²) in [5.41, 5.74) is 3.21. The van der Waals surface area contributed by atoms with Crippen LogP contribution in [0.2, 0.25) is 0 Å². The maximum atomic E-state index is 12.0. The van der Waals surface area contributed by atoms with Crippen molar-refractivity contribution < 1.29 is 4.79 Å². The Bertz CT molecular complexity index is 433. The van der Waals surface area contributed by atoms with Gasteiger partial charge < -0.3 is 10.6 Å². The van der Waals surface area contributed by atoms with Crippen LogP contribution in [0.3, 0.4) is 0 Å². The number of thioether (sulfide) groups is 1. The highest BCUT2D eigenvalue weighted by Gasteiger charge is 2.17. The van der Waals surface area contributed by atoms with Crippen molar-refractivity contribution in [1.29, 1.82) is 0 Å². The molecule has 1 aromatic rings. The number of nitrogens with one attached hydrogen (secondary N) is 2. The summed E-state index contributed by atoms with van der Waals surface area (Å²) in [4.78, 5) is 12.0. The highest BCUT2D eigenvalue weighted by molar-refractivity contribution is 7.99. The first kappa shape index (κ1) is 16.3. The summed E-state index contributed by atoms with van der Waals surface area (Å²) in [6, 6.07) is 6.44. The molecule has 0 saturated carbocycles. The molecule has 1 saturated heterocycles. The van der Waals surface area contributed by atoms with Crippen LogP contribution in [0.1, 0.15) is 17.5 Å². The zero-order valence-corrected chi connectivity index (χ0v) is 13.0. The maximum Gasteiger partial charge on any atom is 0.225 e. The largest absolute Gasteiger partial charge is 0.326 e. The molecule has 0 spiro atoms. The van der Waals surface area contributed by atoms with Crippen molar-refractivity contribution in [3.63, 3.8) is 0 Å². The zero-order chi connectivity index (χ0) is 13.0. The Morgan fingerprint density at radius 1 is 1.47 bits per heavy atom. The van der Waals surface area contributed by atoms with Gasteiger partial charge in [-0.2, -0.15) is 11.8 Å². The molecule has 1 amide bonds. The van der Waals surface area contributed by atoms with Gasteiger partial charge in [-0.25, -0.2) is 0 Å². The molecule has 1 fully saturated rings. The summed E-state index contributed by atoms with van der Waals surface area (Å²) in [6.45, 7) is 5.06. The van der Waals surface area contributed by atoms with E-state index >= 15 is 0 Å². The normalized spacial score (nSPS) is 18.5. The molecular formula is C14H21ClN2OS. The van der Waals surface area contributed by atoms with E-state index in [0.717, 1.165) is 29.3 Å². The number of carbonyl (C=O) groups is 1. The summed E-state index contributed by atoms with van der Waals surface area (Å²) < 4.78 is 0. The van der Waals surface area contributed by atoms with Gasteiger partial charge in [-0.1, -0.05) is 12.1 Å². The number of benzene rings is 1. The van der Waals surface area contributed by atoms with E-state index in [9.17, 15) is 4.79 Å². The van der Waals surface area contributed by atoms with Crippen LogP contribution < -0.4 is 10.6 Å². The molecule has 1 unspecified atom stereocenters. The van der Waals surface area contributed by atoms with Crippen LogP contribution in [-0.4, -0.2) is 30.0 Å². The maximum absolute atomic E-state index is 12.0. The van der Waals surface area contributed by atoms with Crippen molar-refractivity contribution in [2.24, 2.45) is 0 Å². The number of aryl methyl sites for hydroxylation is 2. The van der Waals surface area contributed by atoms with E-state index in [1.54, 1.807) is 0 Å². The molecule has 1 heterocycles. The average Bonchev–Trinajstić information content (AvgIpc) is 2.35. The van der Waals surface area contributed by atoms with Crippen molar-refractivity contribution in [2.75, 3.05) is 23.4 Å².